The SMILES string of the molecule is CSCC(C)C(C)(C(N)=O)N(C)C.S. The summed E-state index contributed by atoms with van der Waals surface area (Å²) in [6.07, 6.45) is 2.04. The number of hydrogen-bond acceptors (Lipinski definition) is 3. The van der Waals surface area contributed by atoms with Crippen LogP contribution in [-0.4, -0.2) is 42.4 Å². The van der Waals surface area contributed by atoms with E-state index in [9.17, 15) is 4.79 Å². The van der Waals surface area contributed by atoms with Crippen LogP contribution in [0.4, 0.5) is 0 Å². The fourth-order valence-corrected chi connectivity index (χ4v) is 2.14. The maximum absolute atomic E-state index is 11.4. The molecule has 0 aliphatic rings. The van der Waals surface area contributed by atoms with Crippen LogP contribution < -0.4 is 5.73 Å². The highest BCUT2D eigenvalue weighted by molar-refractivity contribution is 7.98. The van der Waals surface area contributed by atoms with E-state index in [0.29, 0.717) is 0 Å². The van der Waals surface area contributed by atoms with Crippen molar-refractivity contribution >= 4 is 31.2 Å². The molecule has 0 aromatic rings. The third-order valence-electron chi connectivity index (χ3n) is 2.80. The Morgan fingerprint density at radius 2 is 2.00 bits per heavy atom. The Labute approximate surface area is 98.2 Å². The molecule has 0 saturated carbocycles. The number of nitrogens with two attached hydrogens (primary N) is 1. The number of thioether (sulfide) groups is 1. The Kier molecular flexibility index (Phi) is 7.79. The van der Waals surface area contributed by atoms with E-state index in [1.165, 1.54) is 0 Å². The van der Waals surface area contributed by atoms with Gasteiger partial charge in [0.05, 0.1) is 0 Å². The summed E-state index contributed by atoms with van der Waals surface area (Å²) in [5.74, 6) is 0.950. The average Bonchev–Trinajstić information content (AvgIpc) is 2.02. The first-order chi connectivity index (χ1) is 5.87. The predicted molar refractivity (Wildman–Crippen MR) is 69.2 cm³/mol. The van der Waals surface area contributed by atoms with Crippen LogP contribution in [0.25, 0.3) is 0 Å². The highest BCUT2D eigenvalue weighted by atomic mass is 32.2. The summed E-state index contributed by atoms with van der Waals surface area (Å²) < 4.78 is 0. The van der Waals surface area contributed by atoms with Crippen molar-refractivity contribution in [3.8, 4) is 0 Å². The molecule has 0 spiro atoms. The molecule has 0 heterocycles. The van der Waals surface area contributed by atoms with Gasteiger partial charge in [0.1, 0.15) is 5.54 Å². The number of primary amides is 1. The molecular weight excluding hydrogens is 216 g/mol. The average molecular weight is 238 g/mol. The first kappa shape index (κ1) is 16.6. The zero-order chi connectivity index (χ0) is 10.6. The third kappa shape index (κ3) is 3.37. The molecule has 86 valence electrons. The summed E-state index contributed by atoms with van der Waals surface area (Å²) in [6.45, 7) is 3.96. The van der Waals surface area contributed by atoms with Crippen molar-refractivity contribution < 1.29 is 4.79 Å². The van der Waals surface area contributed by atoms with Crippen LogP contribution in [0.5, 0.6) is 0 Å². The molecule has 0 rings (SSSR count). The van der Waals surface area contributed by atoms with Gasteiger partial charge >= 0.3 is 0 Å². The quantitative estimate of drug-likeness (QED) is 0.774. The number of likely N-dealkylation sites (N-methyl/N-ethyl adjacent to an activating group) is 1. The molecule has 14 heavy (non-hydrogen) atoms. The van der Waals surface area contributed by atoms with E-state index >= 15 is 0 Å². The minimum Gasteiger partial charge on any atom is -0.368 e. The molecule has 3 nitrogen and oxygen atoms in total. The molecule has 0 aromatic heterocycles. The van der Waals surface area contributed by atoms with Gasteiger partial charge in [-0.15, -0.1) is 0 Å². The summed E-state index contributed by atoms with van der Waals surface area (Å²) in [7, 11) is 3.78. The van der Waals surface area contributed by atoms with Gasteiger partial charge in [0.25, 0.3) is 0 Å². The molecule has 1 amide bonds. The van der Waals surface area contributed by atoms with Gasteiger partial charge < -0.3 is 5.73 Å². The van der Waals surface area contributed by atoms with Gasteiger partial charge in [-0.2, -0.15) is 25.3 Å². The lowest BCUT2D eigenvalue weighted by molar-refractivity contribution is -0.130. The second kappa shape index (κ2) is 6.58. The monoisotopic (exact) mass is 238 g/mol. The van der Waals surface area contributed by atoms with Gasteiger partial charge in [-0.3, -0.25) is 9.69 Å². The fraction of sp³-hybridized carbons (Fsp3) is 0.889. The maximum atomic E-state index is 11.4. The van der Waals surface area contributed by atoms with Crippen LogP contribution in [0, 0.1) is 5.92 Å². The normalized spacial score (nSPS) is 17.0. The lowest BCUT2D eigenvalue weighted by Crippen LogP contribution is -2.57. The van der Waals surface area contributed by atoms with Gasteiger partial charge in [0.15, 0.2) is 0 Å². The first-order valence-corrected chi connectivity index (χ1v) is 5.73. The Hall–Kier alpha value is 0.130. The Morgan fingerprint density at radius 3 is 2.21 bits per heavy atom. The summed E-state index contributed by atoms with van der Waals surface area (Å²) >= 11 is 1.74. The molecule has 0 fully saturated rings. The summed E-state index contributed by atoms with van der Waals surface area (Å²) in [4.78, 5) is 13.2. The van der Waals surface area contributed by atoms with Gasteiger partial charge in [0.2, 0.25) is 5.91 Å². The lowest BCUT2D eigenvalue weighted by Gasteiger charge is -2.38. The molecule has 0 radical (unpaired) electrons. The molecular formula is C9H22N2OS2. The highest BCUT2D eigenvalue weighted by Gasteiger charge is 2.38. The third-order valence-corrected chi connectivity index (χ3v) is 3.64. The lowest BCUT2D eigenvalue weighted by atomic mass is 9.86. The second-order valence-electron chi connectivity index (χ2n) is 3.76. The number of rotatable bonds is 5. The Balaban J connectivity index is 0. The van der Waals surface area contributed by atoms with Crippen molar-refractivity contribution in [3.05, 3.63) is 0 Å². The van der Waals surface area contributed by atoms with E-state index in [0.717, 1.165) is 5.75 Å². The summed E-state index contributed by atoms with van der Waals surface area (Å²) in [5, 5.41) is 0. The Morgan fingerprint density at radius 1 is 1.57 bits per heavy atom. The molecule has 0 aliphatic heterocycles. The van der Waals surface area contributed by atoms with Crippen molar-refractivity contribution in [2.24, 2.45) is 11.7 Å². The van der Waals surface area contributed by atoms with Gasteiger partial charge in [-0.25, -0.2) is 0 Å². The number of amides is 1. The molecule has 0 aliphatic carbocycles. The van der Waals surface area contributed by atoms with Crippen LogP contribution in [0.15, 0.2) is 0 Å². The van der Waals surface area contributed by atoms with Gasteiger partial charge in [-0.05, 0) is 38.9 Å². The fourth-order valence-electron chi connectivity index (χ4n) is 1.32. The molecule has 2 N–H and O–H groups in total. The number of carbonyl (C=O) groups is 1. The van der Waals surface area contributed by atoms with Crippen molar-refractivity contribution in [1.29, 1.82) is 0 Å². The molecule has 2 unspecified atom stereocenters. The zero-order valence-corrected chi connectivity index (χ0v) is 11.4. The van der Waals surface area contributed by atoms with Crippen LogP contribution >= 0.6 is 25.3 Å². The van der Waals surface area contributed by atoms with E-state index in [4.69, 9.17) is 5.73 Å². The number of hydrogen-bond donors (Lipinski definition) is 1. The maximum Gasteiger partial charge on any atom is 0.237 e. The largest absolute Gasteiger partial charge is 0.368 e. The van der Waals surface area contributed by atoms with Crippen molar-refractivity contribution in [2.75, 3.05) is 26.1 Å². The van der Waals surface area contributed by atoms with E-state index < -0.39 is 5.54 Å². The molecule has 0 saturated heterocycles. The van der Waals surface area contributed by atoms with E-state index in [2.05, 4.69) is 6.92 Å². The van der Waals surface area contributed by atoms with Crippen LogP contribution in [0.3, 0.4) is 0 Å². The standard InChI is InChI=1S/C9H20N2OS.H2S/c1-7(6-13-5)9(2,8(10)12)11(3)4;/h7H,6H2,1-5H3,(H2,10,12);1H2. The molecule has 0 aromatic carbocycles. The summed E-state index contributed by atoms with van der Waals surface area (Å²) in [6, 6.07) is 0. The molecule has 2 atom stereocenters. The first-order valence-electron chi connectivity index (χ1n) is 4.33. The van der Waals surface area contributed by atoms with Crippen LogP contribution in [-0.2, 0) is 4.79 Å². The van der Waals surface area contributed by atoms with Crippen molar-refractivity contribution in [1.82, 2.24) is 4.90 Å². The van der Waals surface area contributed by atoms with Crippen LogP contribution in [0.1, 0.15) is 13.8 Å². The number of nitrogens with zero attached hydrogens (tertiary/aromatic N) is 1. The highest BCUT2D eigenvalue weighted by Crippen LogP contribution is 2.24. The minimum absolute atomic E-state index is 0. The zero-order valence-electron chi connectivity index (χ0n) is 9.63. The van der Waals surface area contributed by atoms with Crippen molar-refractivity contribution in [2.45, 2.75) is 19.4 Å². The van der Waals surface area contributed by atoms with Crippen LogP contribution in [0.2, 0.25) is 0 Å². The Bertz CT molecular complexity index is 188. The molecule has 5 heteroatoms. The van der Waals surface area contributed by atoms with E-state index in [-0.39, 0.29) is 25.3 Å². The van der Waals surface area contributed by atoms with E-state index in [1.54, 1.807) is 11.8 Å². The van der Waals surface area contributed by atoms with E-state index in [1.807, 2.05) is 32.2 Å². The number of carbonyl (C=O) groups excluding carboxylic acids is 1. The second-order valence-corrected chi connectivity index (χ2v) is 4.67. The summed E-state index contributed by atoms with van der Waals surface area (Å²) in [5.41, 5.74) is 4.87. The predicted octanol–water partition coefficient (Wildman–Crippen LogP) is 0.904. The van der Waals surface area contributed by atoms with Gasteiger partial charge in [-0.1, -0.05) is 6.92 Å². The molecule has 0 bridgehead atoms. The topological polar surface area (TPSA) is 46.3 Å². The van der Waals surface area contributed by atoms with Crippen molar-refractivity contribution in [3.63, 3.8) is 0 Å². The minimum atomic E-state index is -0.539. The van der Waals surface area contributed by atoms with Gasteiger partial charge in [0, 0.05) is 0 Å². The smallest absolute Gasteiger partial charge is 0.237 e.